The summed E-state index contributed by atoms with van der Waals surface area (Å²) in [7, 11) is -8.35. The minimum Gasteiger partial charge on any atom is -0.339 e. The average Bonchev–Trinajstić information content (AvgIpc) is 2.94. The number of sulfone groups is 1. The zero-order chi connectivity index (χ0) is 20.6. The van der Waals surface area contributed by atoms with Crippen LogP contribution >= 0.6 is 0 Å². The Morgan fingerprint density at radius 2 is 1.56 bits per heavy atom. The molecule has 0 aliphatic carbocycles. The number of carbonyl (C=O) groups is 1. The molecular formula is C17H23N3O5S2. The molecule has 1 amide bonds. The predicted molar refractivity (Wildman–Crippen MR) is 101 cm³/mol. The van der Waals surface area contributed by atoms with E-state index in [1.807, 2.05) is 0 Å². The lowest BCUT2D eigenvalue weighted by Gasteiger charge is -2.19. The van der Waals surface area contributed by atoms with Gasteiger partial charge in [-0.3, -0.25) is 4.79 Å². The predicted octanol–water partition coefficient (Wildman–Crippen LogP) is 1.62. The second kappa shape index (κ2) is 7.43. The fraction of sp³-hybridized carbons (Fsp3) is 0.412. The SMILES string of the molecule is CCN(CC)C(=O)c1c(C)nn(S(=O)(=O)c2ccc(C)cc2)c1S(C)(=O)=O. The van der Waals surface area contributed by atoms with Crippen LogP contribution in [0.5, 0.6) is 0 Å². The molecule has 0 aliphatic rings. The first kappa shape index (κ1) is 21.1. The highest BCUT2D eigenvalue weighted by atomic mass is 32.2. The number of nitrogens with zero attached hydrogens (tertiary/aromatic N) is 3. The zero-order valence-electron chi connectivity index (χ0n) is 15.9. The monoisotopic (exact) mass is 413 g/mol. The highest BCUT2D eigenvalue weighted by Gasteiger charge is 2.35. The average molecular weight is 414 g/mol. The summed E-state index contributed by atoms with van der Waals surface area (Å²) in [4.78, 5) is 14.1. The van der Waals surface area contributed by atoms with Crippen LogP contribution in [0.1, 0.15) is 35.5 Å². The normalized spacial score (nSPS) is 12.2. The Kier molecular flexibility index (Phi) is 5.81. The van der Waals surface area contributed by atoms with Crippen molar-refractivity contribution in [1.82, 2.24) is 14.1 Å². The van der Waals surface area contributed by atoms with E-state index in [9.17, 15) is 21.6 Å². The van der Waals surface area contributed by atoms with Gasteiger partial charge in [-0.05, 0) is 39.8 Å². The number of amides is 1. The minimum absolute atomic E-state index is 0.0445. The molecule has 0 radical (unpaired) electrons. The maximum absolute atomic E-state index is 13.0. The van der Waals surface area contributed by atoms with Gasteiger partial charge in [0.2, 0.25) is 0 Å². The van der Waals surface area contributed by atoms with Crippen LogP contribution in [0.25, 0.3) is 0 Å². The molecule has 0 fully saturated rings. The third-order valence-corrected chi connectivity index (χ3v) is 6.93. The summed E-state index contributed by atoms with van der Waals surface area (Å²) >= 11 is 0. The fourth-order valence-electron chi connectivity index (χ4n) is 2.70. The third kappa shape index (κ3) is 3.91. The molecule has 148 valence electrons. The summed E-state index contributed by atoms with van der Waals surface area (Å²) in [6, 6.07) is 5.95. The summed E-state index contributed by atoms with van der Waals surface area (Å²) in [6.45, 7) is 7.44. The highest BCUT2D eigenvalue weighted by Crippen LogP contribution is 2.26. The lowest BCUT2D eigenvalue weighted by Crippen LogP contribution is -2.32. The standard InChI is InChI=1S/C17H23N3O5S2/c1-6-19(7-2)16(21)15-13(4)18-20(17(15)26(5,22)23)27(24,25)14-10-8-12(3)9-11-14/h8-11H,6-7H2,1-5H3. The van der Waals surface area contributed by atoms with Gasteiger partial charge >= 0.3 is 0 Å². The van der Waals surface area contributed by atoms with Crippen molar-refractivity contribution in [3.63, 3.8) is 0 Å². The van der Waals surface area contributed by atoms with Crippen molar-refractivity contribution in [2.75, 3.05) is 19.3 Å². The lowest BCUT2D eigenvalue weighted by molar-refractivity contribution is 0.0768. The van der Waals surface area contributed by atoms with Gasteiger partial charge in [0.1, 0.15) is 5.56 Å². The molecule has 2 rings (SSSR count). The molecule has 0 saturated heterocycles. The van der Waals surface area contributed by atoms with Crippen LogP contribution in [-0.4, -0.2) is 56.2 Å². The second-order valence-electron chi connectivity index (χ2n) is 6.18. The third-order valence-electron chi connectivity index (χ3n) is 4.15. The number of hydrogen-bond acceptors (Lipinski definition) is 6. The molecule has 2 aromatic rings. The molecule has 0 saturated carbocycles. The Morgan fingerprint density at radius 1 is 1.04 bits per heavy atom. The van der Waals surface area contributed by atoms with E-state index in [0.717, 1.165) is 11.8 Å². The van der Waals surface area contributed by atoms with Crippen molar-refractivity contribution in [3.05, 3.63) is 41.1 Å². The van der Waals surface area contributed by atoms with Crippen molar-refractivity contribution < 1.29 is 21.6 Å². The Labute approximate surface area is 159 Å². The van der Waals surface area contributed by atoms with E-state index in [2.05, 4.69) is 5.10 Å². The Bertz CT molecular complexity index is 1060. The molecule has 27 heavy (non-hydrogen) atoms. The first-order valence-electron chi connectivity index (χ1n) is 8.36. The Morgan fingerprint density at radius 3 is 2.00 bits per heavy atom. The smallest absolute Gasteiger partial charge is 0.284 e. The van der Waals surface area contributed by atoms with E-state index in [1.54, 1.807) is 32.9 Å². The number of rotatable bonds is 6. The summed E-state index contributed by atoms with van der Waals surface area (Å²) in [5.74, 6) is -0.566. The molecule has 8 nitrogen and oxygen atoms in total. The number of aryl methyl sites for hydroxylation is 2. The van der Waals surface area contributed by atoms with E-state index in [0.29, 0.717) is 17.2 Å². The lowest BCUT2D eigenvalue weighted by atomic mass is 10.2. The number of benzene rings is 1. The first-order chi connectivity index (χ1) is 12.4. The number of aromatic nitrogens is 2. The van der Waals surface area contributed by atoms with Gasteiger partial charge in [-0.1, -0.05) is 17.7 Å². The maximum atomic E-state index is 13.0. The van der Waals surface area contributed by atoms with Gasteiger partial charge in [0.05, 0.1) is 10.6 Å². The summed E-state index contributed by atoms with van der Waals surface area (Å²) in [5, 5.41) is 3.31. The highest BCUT2D eigenvalue weighted by molar-refractivity contribution is 7.93. The zero-order valence-corrected chi connectivity index (χ0v) is 17.6. The molecule has 0 N–H and O–H groups in total. The van der Waals surface area contributed by atoms with Gasteiger partial charge in [0.15, 0.2) is 14.9 Å². The van der Waals surface area contributed by atoms with Crippen LogP contribution in [-0.2, 0) is 19.9 Å². The van der Waals surface area contributed by atoms with Gasteiger partial charge in [-0.2, -0.15) is 13.5 Å². The van der Waals surface area contributed by atoms with Crippen molar-refractivity contribution in [2.24, 2.45) is 0 Å². The largest absolute Gasteiger partial charge is 0.339 e. The van der Waals surface area contributed by atoms with Gasteiger partial charge in [-0.25, -0.2) is 8.42 Å². The van der Waals surface area contributed by atoms with E-state index in [4.69, 9.17) is 0 Å². The van der Waals surface area contributed by atoms with Crippen LogP contribution in [0, 0.1) is 13.8 Å². The van der Waals surface area contributed by atoms with Crippen LogP contribution in [0.2, 0.25) is 0 Å². The molecule has 0 unspecified atom stereocenters. The van der Waals surface area contributed by atoms with Gasteiger partial charge in [0, 0.05) is 19.3 Å². The Balaban J connectivity index is 2.81. The molecule has 1 aromatic heterocycles. The molecular weight excluding hydrogens is 390 g/mol. The van der Waals surface area contributed by atoms with Crippen LogP contribution in [0.4, 0.5) is 0 Å². The van der Waals surface area contributed by atoms with Gasteiger partial charge in [-0.15, -0.1) is 4.09 Å². The molecule has 0 aliphatic heterocycles. The summed E-state index contributed by atoms with van der Waals surface area (Å²) in [6.07, 6.45) is 0.865. The van der Waals surface area contributed by atoms with E-state index in [-0.39, 0.29) is 16.2 Å². The molecule has 1 aromatic carbocycles. The maximum Gasteiger partial charge on any atom is 0.284 e. The van der Waals surface area contributed by atoms with E-state index < -0.39 is 30.8 Å². The van der Waals surface area contributed by atoms with Crippen molar-refractivity contribution in [3.8, 4) is 0 Å². The van der Waals surface area contributed by atoms with Crippen LogP contribution in [0.15, 0.2) is 34.2 Å². The molecule has 0 bridgehead atoms. The fourth-order valence-corrected chi connectivity index (χ4v) is 5.55. The van der Waals surface area contributed by atoms with Gasteiger partial charge in [0.25, 0.3) is 15.9 Å². The molecule has 0 spiro atoms. The van der Waals surface area contributed by atoms with Crippen LogP contribution < -0.4 is 0 Å². The number of hydrogen-bond donors (Lipinski definition) is 0. The molecule has 1 heterocycles. The summed E-state index contributed by atoms with van der Waals surface area (Å²) < 4.78 is 51.4. The minimum atomic E-state index is -4.29. The van der Waals surface area contributed by atoms with E-state index >= 15 is 0 Å². The molecule has 0 atom stereocenters. The first-order valence-corrected chi connectivity index (χ1v) is 11.7. The van der Waals surface area contributed by atoms with Crippen molar-refractivity contribution >= 4 is 25.8 Å². The second-order valence-corrected chi connectivity index (χ2v) is 9.87. The summed E-state index contributed by atoms with van der Waals surface area (Å²) in [5.41, 5.74) is 0.686. The van der Waals surface area contributed by atoms with E-state index in [1.165, 1.54) is 24.0 Å². The van der Waals surface area contributed by atoms with Crippen LogP contribution in [0.3, 0.4) is 0 Å². The molecule has 10 heteroatoms. The van der Waals surface area contributed by atoms with Crippen molar-refractivity contribution in [2.45, 2.75) is 37.6 Å². The van der Waals surface area contributed by atoms with Crippen molar-refractivity contribution in [1.29, 1.82) is 0 Å². The van der Waals surface area contributed by atoms with Gasteiger partial charge < -0.3 is 4.90 Å². The topological polar surface area (TPSA) is 106 Å². The Hall–Kier alpha value is -2.20. The quantitative estimate of drug-likeness (QED) is 0.712. The number of carbonyl (C=O) groups excluding carboxylic acids is 1.